The van der Waals surface area contributed by atoms with Crippen LogP contribution in [-0.2, 0) is 11.2 Å². The van der Waals surface area contributed by atoms with Crippen LogP contribution < -0.4 is 9.47 Å². The molecular formula is C14H16O3. The van der Waals surface area contributed by atoms with E-state index in [4.69, 9.17) is 9.47 Å². The summed E-state index contributed by atoms with van der Waals surface area (Å²) < 4.78 is 11.9. The number of rotatable bonds is 3. The predicted octanol–water partition coefficient (Wildman–Crippen LogP) is 2.86. The van der Waals surface area contributed by atoms with Crippen molar-refractivity contribution >= 4 is 6.29 Å². The van der Waals surface area contributed by atoms with Gasteiger partial charge in [-0.25, -0.2) is 0 Å². The van der Waals surface area contributed by atoms with Crippen molar-refractivity contribution in [3.63, 3.8) is 0 Å². The molecule has 1 fully saturated rings. The van der Waals surface area contributed by atoms with E-state index in [1.54, 1.807) is 0 Å². The van der Waals surface area contributed by atoms with E-state index in [2.05, 4.69) is 0 Å². The third-order valence-electron chi connectivity index (χ3n) is 3.52. The van der Waals surface area contributed by atoms with Gasteiger partial charge in [0.05, 0.1) is 0 Å². The Hall–Kier alpha value is -1.51. The van der Waals surface area contributed by atoms with Gasteiger partial charge < -0.3 is 14.3 Å². The van der Waals surface area contributed by atoms with E-state index >= 15 is 0 Å². The van der Waals surface area contributed by atoms with E-state index in [0.29, 0.717) is 6.42 Å². The van der Waals surface area contributed by atoms with Gasteiger partial charge in [0.1, 0.15) is 6.29 Å². The molecule has 0 N–H and O–H groups in total. The van der Waals surface area contributed by atoms with E-state index < -0.39 is 0 Å². The molecule has 1 heterocycles. The van der Waals surface area contributed by atoms with Gasteiger partial charge in [-0.2, -0.15) is 0 Å². The minimum absolute atomic E-state index is 0.383. The Morgan fingerprint density at radius 3 is 2.71 bits per heavy atom. The van der Waals surface area contributed by atoms with Crippen molar-refractivity contribution in [2.24, 2.45) is 0 Å². The number of aryl methyl sites for hydroxylation is 1. The van der Waals surface area contributed by atoms with Gasteiger partial charge in [-0.15, -0.1) is 0 Å². The van der Waals surface area contributed by atoms with Crippen LogP contribution in [0.1, 0.15) is 37.7 Å². The van der Waals surface area contributed by atoms with Crippen LogP contribution in [0.25, 0.3) is 0 Å². The smallest absolute Gasteiger partial charge is 0.251 e. The minimum atomic E-state index is -0.383. The van der Waals surface area contributed by atoms with Gasteiger partial charge in [-0.1, -0.05) is 6.07 Å². The molecule has 17 heavy (non-hydrogen) atoms. The number of hydrogen-bond donors (Lipinski definition) is 0. The van der Waals surface area contributed by atoms with Crippen molar-refractivity contribution in [3.05, 3.63) is 23.8 Å². The highest BCUT2D eigenvalue weighted by Gasteiger charge is 2.43. The van der Waals surface area contributed by atoms with Crippen molar-refractivity contribution in [3.8, 4) is 11.5 Å². The van der Waals surface area contributed by atoms with Crippen molar-refractivity contribution in [1.29, 1.82) is 0 Å². The highest BCUT2D eigenvalue weighted by molar-refractivity contribution is 5.51. The summed E-state index contributed by atoms with van der Waals surface area (Å²) in [6.07, 6.45) is 6.58. The number of benzene rings is 1. The van der Waals surface area contributed by atoms with E-state index in [0.717, 1.165) is 42.6 Å². The number of carbonyl (C=O) groups is 1. The standard InChI is InChI=1S/C14H16O3/c15-9-3-4-11-5-6-12-13(10-11)17-14(16-12)7-1-2-8-14/h5-6,9-10H,1-4,7-8H2. The minimum Gasteiger partial charge on any atom is -0.448 e. The molecular weight excluding hydrogens is 216 g/mol. The molecule has 0 bridgehead atoms. The van der Waals surface area contributed by atoms with Gasteiger partial charge in [-0.05, 0) is 37.0 Å². The normalized spacial score (nSPS) is 19.8. The van der Waals surface area contributed by atoms with Crippen molar-refractivity contribution in [1.82, 2.24) is 0 Å². The van der Waals surface area contributed by atoms with Crippen LogP contribution in [-0.4, -0.2) is 12.1 Å². The summed E-state index contributed by atoms with van der Waals surface area (Å²) in [6.45, 7) is 0. The molecule has 1 aliphatic heterocycles. The second-order valence-corrected chi connectivity index (χ2v) is 4.81. The average Bonchev–Trinajstić information content (AvgIpc) is 2.92. The summed E-state index contributed by atoms with van der Waals surface area (Å²) in [5, 5.41) is 0. The number of hydrogen-bond acceptors (Lipinski definition) is 3. The lowest BCUT2D eigenvalue weighted by molar-refractivity contribution is -0.107. The van der Waals surface area contributed by atoms with Gasteiger partial charge in [0.15, 0.2) is 11.5 Å². The van der Waals surface area contributed by atoms with E-state index in [9.17, 15) is 4.79 Å². The molecule has 0 radical (unpaired) electrons. The number of carbonyl (C=O) groups excluding carboxylic acids is 1. The summed E-state index contributed by atoms with van der Waals surface area (Å²) in [5.74, 6) is 1.31. The van der Waals surface area contributed by atoms with Crippen LogP contribution in [0.3, 0.4) is 0 Å². The highest BCUT2D eigenvalue weighted by Crippen LogP contribution is 2.46. The molecule has 0 amide bonds. The Kier molecular flexibility index (Phi) is 2.54. The highest BCUT2D eigenvalue weighted by atomic mass is 16.7. The summed E-state index contributed by atoms with van der Waals surface area (Å²) in [7, 11) is 0. The second kappa shape index (κ2) is 4.06. The molecule has 0 atom stereocenters. The zero-order valence-electron chi connectivity index (χ0n) is 9.78. The molecule has 1 aromatic carbocycles. The third kappa shape index (κ3) is 1.90. The van der Waals surface area contributed by atoms with Crippen LogP contribution in [0, 0.1) is 0 Å². The maximum atomic E-state index is 10.4. The predicted molar refractivity (Wildman–Crippen MR) is 63.3 cm³/mol. The quantitative estimate of drug-likeness (QED) is 0.752. The van der Waals surface area contributed by atoms with Crippen LogP contribution in [0.4, 0.5) is 0 Å². The Bertz CT molecular complexity index is 433. The maximum Gasteiger partial charge on any atom is 0.251 e. The molecule has 3 rings (SSSR count). The second-order valence-electron chi connectivity index (χ2n) is 4.81. The molecule has 0 unspecified atom stereocenters. The molecule has 90 valence electrons. The molecule has 1 aliphatic carbocycles. The van der Waals surface area contributed by atoms with E-state index in [1.165, 1.54) is 12.8 Å². The molecule has 1 spiro atoms. The molecule has 1 saturated carbocycles. The van der Waals surface area contributed by atoms with Gasteiger partial charge in [-0.3, -0.25) is 0 Å². The first-order chi connectivity index (χ1) is 8.31. The Labute approximate surface area is 101 Å². The van der Waals surface area contributed by atoms with Crippen LogP contribution in [0.2, 0.25) is 0 Å². The third-order valence-corrected chi connectivity index (χ3v) is 3.52. The molecule has 3 heteroatoms. The zero-order valence-corrected chi connectivity index (χ0v) is 9.78. The van der Waals surface area contributed by atoms with Crippen molar-refractivity contribution in [2.75, 3.05) is 0 Å². The van der Waals surface area contributed by atoms with Gasteiger partial charge >= 0.3 is 0 Å². The Balaban J connectivity index is 1.80. The molecule has 0 saturated heterocycles. The maximum absolute atomic E-state index is 10.4. The molecule has 1 aromatic rings. The van der Waals surface area contributed by atoms with Crippen molar-refractivity contribution in [2.45, 2.75) is 44.3 Å². The zero-order chi connectivity index (χ0) is 11.7. The fourth-order valence-electron chi connectivity index (χ4n) is 2.64. The van der Waals surface area contributed by atoms with Crippen molar-refractivity contribution < 1.29 is 14.3 Å². The van der Waals surface area contributed by atoms with Crippen LogP contribution >= 0.6 is 0 Å². The largest absolute Gasteiger partial charge is 0.448 e. The summed E-state index contributed by atoms with van der Waals surface area (Å²) in [6, 6.07) is 5.98. The van der Waals surface area contributed by atoms with Gasteiger partial charge in [0.25, 0.3) is 5.79 Å². The number of aldehydes is 1. The van der Waals surface area contributed by atoms with E-state index in [1.807, 2.05) is 18.2 Å². The van der Waals surface area contributed by atoms with Gasteiger partial charge in [0, 0.05) is 19.3 Å². The first kappa shape index (κ1) is 10.6. The van der Waals surface area contributed by atoms with E-state index in [-0.39, 0.29) is 5.79 Å². The first-order valence-corrected chi connectivity index (χ1v) is 6.26. The molecule has 3 nitrogen and oxygen atoms in total. The van der Waals surface area contributed by atoms with Gasteiger partial charge in [0.2, 0.25) is 0 Å². The monoisotopic (exact) mass is 232 g/mol. The molecule has 0 aromatic heterocycles. The number of ether oxygens (including phenoxy) is 2. The lowest BCUT2D eigenvalue weighted by atomic mass is 10.1. The Morgan fingerprint density at radius 1 is 1.18 bits per heavy atom. The lowest BCUT2D eigenvalue weighted by Gasteiger charge is -2.21. The summed E-state index contributed by atoms with van der Waals surface area (Å²) >= 11 is 0. The average molecular weight is 232 g/mol. The summed E-state index contributed by atoms with van der Waals surface area (Å²) in [4.78, 5) is 10.4. The molecule has 2 aliphatic rings. The SMILES string of the molecule is O=CCCc1ccc2c(c1)OC1(CCCC1)O2. The van der Waals surface area contributed by atoms with Crippen LogP contribution in [0.5, 0.6) is 11.5 Å². The fraction of sp³-hybridized carbons (Fsp3) is 0.500. The topological polar surface area (TPSA) is 35.5 Å². The number of fused-ring (bicyclic) bond motifs is 1. The fourth-order valence-corrected chi connectivity index (χ4v) is 2.64. The first-order valence-electron chi connectivity index (χ1n) is 6.26. The van der Waals surface area contributed by atoms with Crippen LogP contribution in [0.15, 0.2) is 18.2 Å². The Morgan fingerprint density at radius 2 is 1.94 bits per heavy atom. The summed E-state index contributed by atoms with van der Waals surface area (Å²) in [5.41, 5.74) is 1.13. The lowest BCUT2D eigenvalue weighted by Crippen LogP contribution is -2.34.